The number of thiazole rings is 1. The zero-order valence-corrected chi connectivity index (χ0v) is 22.2. The number of anilines is 2. The molecule has 0 bridgehead atoms. The Balaban J connectivity index is 1.43. The minimum atomic E-state index is -0.427. The van der Waals surface area contributed by atoms with Gasteiger partial charge in [-0.3, -0.25) is 19.4 Å². The molecule has 0 aliphatic heterocycles. The molecule has 3 amide bonds. The minimum Gasteiger partial charge on any atom is -0.352 e. The summed E-state index contributed by atoms with van der Waals surface area (Å²) in [6.45, 7) is 2.28. The zero-order valence-electron chi connectivity index (χ0n) is 21.4. The molecule has 1 fully saturated rings. The highest BCUT2D eigenvalue weighted by Crippen LogP contribution is 2.32. The lowest BCUT2D eigenvalue weighted by Crippen LogP contribution is -2.33. The van der Waals surface area contributed by atoms with Gasteiger partial charge in [-0.2, -0.15) is 0 Å². The number of amides is 3. The third kappa shape index (κ3) is 5.17. The van der Waals surface area contributed by atoms with Gasteiger partial charge >= 0.3 is 0 Å². The molecule has 196 valence electrons. The third-order valence-electron chi connectivity index (χ3n) is 6.92. The predicted octanol–water partition coefficient (Wildman–Crippen LogP) is 5.23. The number of benzene rings is 1. The maximum atomic E-state index is 13.1. The van der Waals surface area contributed by atoms with E-state index in [9.17, 15) is 14.4 Å². The van der Waals surface area contributed by atoms with Gasteiger partial charge in [-0.15, -0.1) is 11.3 Å². The van der Waals surface area contributed by atoms with Crippen molar-refractivity contribution in [3.63, 3.8) is 0 Å². The number of carbonyl (C=O) groups excluding carboxylic acids is 3. The summed E-state index contributed by atoms with van der Waals surface area (Å²) < 4.78 is 0. The summed E-state index contributed by atoms with van der Waals surface area (Å²) in [5, 5.41) is 8.71. The lowest BCUT2D eigenvalue weighted by atomic mass is 9.88. The van der Waals surface area contributed by atoms with Gasteiger partial charge in [0.2, 0.25) is 5.91 Å². The average molecular weight is 531 g/mol. The van der Waals surface area contributed by atoms with Gasteiger partial charge in [0.25, 0.3) is 11.8 Å². The Bertz CT molecular complexity index is 1470. The second-order valence-electron chi connectivity index (χ2n) is 9.42. The average Bonchev–Trinajstić information content (AvgIpc) is 3.58. The van der Waals surface area contributed by atoms with Crippen LogP contribution in [-0.2, 0) is 4.79 Å². The normalized spacial score (nSPS) is 13.8. The Morgan fingerprint density at radius 1 is 1.08 bits per heavy atom. The smallest absolute Gasteiger partial charge is 0.276 e. The van der Waals surface area contributed by atoms with E-state index in [0.29, 0.717) is 28.0 Å². The number of carbonyl (C=O) groups is 3. The van der Waals surface area contributed by atoms with E-state index in [1.54, 1.807) is 29.7 Å². The Kier molecular flexibility index (Phi) is 7.50. The molecule has 0 saturated heterocycles. The number of aromatic amines is 1. The van der Waals surface area contributed by atoms with Gasteiger partial charge < -0.3 is 20.5 Å². The molecule has 0 atom stereocenters. The first-order valence-electron chi connectivity index (χ1n) is 12.8. The van der Waals surface area contributed by atoms with E-state index in [0.717, 1.165) is 36.9 Å². The fraction of sp³-hybridized carbons (Fsp3) is 0.321. The number of H-pyrrole nitrogens is 1. The number of nitrogens with zero attached hydrogens (tertiary/aromatic N) is 3. The van der Waals surface area contributed by atoms with Crippen molar-refractivity contribution in [2.45, 2.75) is 39.0 Å². The summed E-state index contributed by atoms with van der Waals surface area (Å²) in [5.41, 5.74) is 2.85. The van der Waals surface area contributed by atoms with Crippen molar-refractivity contribution in [2.24, 2.45) is 5.92 Å². The van der Waals surface area contributed by atoms with Crippen LogP contribution in [0.1, 0.15) is 59.9 Å². The van der Waals surface area contributed by atoms with Crippen molar-refractivity contribution in [3.8, 4) is 10.6 Å². The maximum absolute atomic E-state index is 13.1. The van der Waals surface area contributed by atoms with Crippen LogP contribution in [0, 0.1) is 5.92 Å². The second kappa shape index (κ2) is 11.1. The summed E-state index contributed by atoms with van der Waals surface area (Å²) in [6.07, 6.45) is 8.55. The quantitative estimate of drug-likeness (QED) is 0.302. The number of hydrogen-bond acceptors (Lipinski definition) is 6. The van der Waals surface area contributed by atoms with E-state index in [-0.39, 0.29) is 29.2 Å². The molecule has 0 spiro atoms. The molecular weight excluding hydrogens is 500 g/mol. The first kappa shape index (κ1) is 25.6. The monoisotopic (exact) mass is 530 g/mol. The Labute approximate surface area is 224 Å². The van der Waals surface area contributed by atoms with Gasteiger partial charge in [-0.25, -0.2) is 4.98 Å². The zero-order chi connectivity index (χ0) is 26.6. The van der Waals surface area contributed by atoms with Crippen molar-refractivity contribution in [1.82, 2.24) is 20.3 Å². The van der Waals surface area contributed by atoms with Crippen molar-refractivity contribution < 1.29 is 14.4 Å². The molecule has 10 heteroatoms. The van der Waals surface area contributed by atoms with E-state index < -0.39 is 5.91 Å². The Hall–Kier alpha value is -4.05. The van der Waals surface area contributed by atoms with Crippen molar-refractivity contribution in [1.29, 1.82) is 0 Å². The molecule has 1 saturated carbocycles. The Morgan fingerprint density at radius 3 is 2.58 bits per heavy atom. The van der Waals surface area contributed by atoms with Crippen LogP contribution in [-0.4, -0.2) is 46.3 Å². The topological polar surface area (TPSA) is 120 Å². The van der Waals surface area contributed by atoms with Gasteiger partial charge in [0.1, 0.15) is 16.5 Å². The van der Waals surface area contributed by atoms with E-state index >= 15 is 0 Å². The lowest BCUT2D eigenvalue weighted by molar-refractivity contribution is -0.123. The summed E-state index contributed by atoms with van der Waals surface area (Å²) >= 11 is 1.36. The number of rotatable bonds is 7. The SMILES string of the molecule is CCNC(=O)c1c(NC(=O)c2csc(-c3ccncc3)n2)[nH]c2cc(N(C)C(=O)C3CCCCC3)ccc12. The lowest BCUT2D eigenvalue weighted by Gasteiger charge is -2.26. The molecule has 4 aromatic rings. The molecule has 9 nitrogen and oxygen atoms in total. The molecule has 5 rings (SSSR count). The van der Waals surface area contributed by atoms with E-state index in [1.165, 1.54) is 17.8 Å². The van der Waals surface area contributed by atoms with Crippen molar-refractivity contribution in [2.75, 3.05) is 23.8 Å². The molecule has 0 unspecified atom stereocenters. The van der Waals surface area contributed by atoms with Gasteiger partial charge in [0.15, 0.2) is 0 Å². The van der Waals surface area contributed by atoms with Crippen LogP contribution in [0.2, 0.25) is 0 Å². The number of aromatic nitrogens is 3. The van der Waals surface area contributed by atoms with E-state index in [2.05, 4.69) is 25.6 Å². The number of pyridine rings is 1. The maximum Gasteiger partial charge on any atom is 0.276 e. The van der Waals surface area contributed by atoms with Crippen LogP contribution < -0.4 is 15.5 Å². The molecule has 1 aromatic carbocycles. The van der Waals surface area contributed by atoms with Crippen LogP contribution in [0.5, 0.6) is 0 Å². The first-order chi connectivity index (χ1) is 18.5. The third-order valence-corrected chi connectivity index (χ3v) is 7.81. The predicted molar refractivity (Wildman–Crippen MR) is 150 cm³/mol. The highest BCUT2D eigenvalue weighted by Gasteiger charge is 2.26. The van der Waals surface area contributed by atoms with Gasteiger partial charge in [-0.05, 0) is 50.1 Å². The molecule has 0 radical (unpaired) electrons. The van der Waals surface area contributed by atoms with Crippen molar-refractivity contribution in [3.05, 3.63) is 59.4 Å². The van der Waals surface area contributed by atoms with Crippen LogP contribution >= 0.6 is 11.3 Å². The number of hydrogen-bond donors (Lipinski definition) is 3. The van der Waals surface area contributed by atoms with Crippen LogP contribution in [0.3, 0.4) is 0 Å². The fourth-order valence-corrected chi connectivity index (χ4v) is 5.71. The van der Waals surface area contributed by atoms with Crippen molar-refractivity contribution >= 4 is 51.5 Å². The fourth-order valence-electron chi connectivity index (χ4n) is 4.91. The van der Waals surface area contributed by atoms with Gasteiger partial charge in [0.05, 0.1) is 5.56 Å². The molecule has 3 heterocycles. The van der Waals surface area contributed by atoms with Crippen LogP contribution in [0.25, 0.3) is 21.5 Å². The molecule has 1 aliphatic rings. The molecule has 3 N–H and O–H groups in total. The van der Waals surface area contributed by atoms with Crippen LogP contribution in [0.4, 0.5) is 11.5 Å². The molecule has 38 heavy (non-hydrogen) atoms. The highest BCUT2D eigenvalue weighted by molar-refractivity contribution is 7.13. The van der Waals surface area contributed by atoms with E-state index in [1.807, 2.05) is 37.3 Å². The molecule has 3 aromatic heterocycles. The largest absolute Gasteiger partial charge is 0.352 e. The van der Waals surface area contributed by atoms with Gasteiger partial charge in [-0.1, -0.05) is 19.3 Å². The van der Waals surface area contributed by atoms with E-state index in [4.69, 9.17) is 0 Å². The van der Waals surface area contributed by atoms with Gasteiger partial charge in [0, 0.05) is 59.4 Å². The number of nitrogens with one attached hydrogen (secondary N) is 3. The minimum absolute atomic E-state index is 0.0454. The molecule has 1 aliphatic carbocycles. The molecular formula is C28H30N6O3S. The summed E-state index contributed by atoms with van der Waals surface area (Å²) in [5.74, 6) is -0.286. The first-order valence-corrected chi connectivity index (χ1v) is 13.7. The highest BCUT2D eigenvalue weighted by atomic mass is 32.1. The second-order valence-corrected chi connectivity index (χ2v) is 10.3. The number of fused-ring (bicyclic) bond motifs is 1. The standard InChI is InChI=1S/C28H30N6O3S/c1-3-30-26(36)23-20-10-9-19(34(2)28(37)18-7-5-4-6-8-18)15-21(20)31-24(23)33-25(35)22-16-38-27(32-22)17-11-13-29-14-12-17/h9-16,18,31H,3-8H2,1-2H3,(H,30,36)(H,33,35). The Morgan fingerprint density at radius 2 is 1.84 bits per heavy atom. The summed E-state index contributed by atoms with van der Waals surface area (Å²) in [7, 11) is 1.79. The van der Waals surface area contributed by atoms with Crippen LogP contribution in [0.15, 0.2) is 48.1 Å². The summed E-state index contributed by atoms with van der Waals surface area (Å²) in [4.78, 5) is 52.6. The summed E-state index contributed by atoms with van der Waals surface area (Å²) in [6, 6.07) is 9.17.